The van der Waals surface area contributed by atoms with Crippen molar-refractivity contribution in [3.05, 3.63) is 39.9 Å². The summed E-state index contributed by atoms with van der Waals surface area (Å²) >= 11 is 0. The van der Waals surface area contributed by atoms with Gasteiger partial charge < -0.3 is 19.9 Å². The lowest BCUT2D eigenvalue weighted by Crippen LogP contribution is -2.71. The summed E-state index contributed by atoms with van der Waals surface area (Å²) in [6, 6.07) is 5.58. The molecule has 1 aromatic carbocycles. The normalized spacial score (nSPS) is 23.2. The fourth-order valence-electron chi connectivity index (χ4n) is 2.94. The zero-order valence-electron chi connectivity index (χ0n) is 13.9. The predicted molar refractivity (Wildman–Crippen MR) is 85.6 cm³/mol. The molecular weight excluding hydrogens is 332 g/mol. The van der Waals surface area contributed by atoms with Crippen LogP contribution in [0.1, 0.15) is 25.8 Å². The van der Waals surface area contributed by atoms with Gasteiger partial charge in [-0.05, 0) is 38.0 Å². The molecule has 0 aromatic heterocycles. The average Bonchev–Trinajstić information content (AvgIpc) is 2.52. The van der Waals surface area contributed by atoms with E-state index in [-0.39, 0.29) is 24.8 Å². The zero-order chi connectivity index (χ0) is 18.6. The van der Waals surface area contributed by atoms with Gasteiger partial charge in [-0.25, -0.2) is 4.79 Å². The van der Waals surface area contributed by atoms with Gasteiger partial charge in [0.2, 0.25) is 5.91 Å². The number of non-ortho nitro benzene ring substituents is 1. The maximum Gasteiger partial charge on any atom is 0.508 e. The maximum absolute atomic E-state index is 11.8. The van der Waals surface area contributed by atoms with Gasteiger partial charge >= 0.3 is 6.16 Å². The van der Waals surface area contributed by atoms with Gasteiger partial charge in [-0.15, -0.1) is 0 Å². The third-order valence-corrected chi connectivity index (χ3v) is 4.26. The van der Waals surface area contributed by atoms with Gasteiger partial charge in [0, 0.05) is 18.7 Å². The fourth-order valence-corrected chi connectivity index (χ4v) is 2.94. The van der Waals surface area contributed by atoms with Crippen LogP contribution in [-0.4, -0.2) is 40.3 Å². The number of nitro benzene ring substituents is 1. The second-order valence-corrected chi connectivity index (χ2v) is 6.14. The van der Waals surface area contributed by atoms with Crippen molar-refractivity contribution >= 4 is 17.7 Å². The number of rotatable bonds is 7. The molecule has 0 saturated carbocycles. The van der Waals surface area contributed by atoms with Crippen LogP contribution in [0.2, 0.25) is 0 Å². The highest BCUT2D eigenvalue weighted by molar-refractivity contribution is 5.88. The van der Waals surface area contributed by atoms with E-state index >= 15 is 0 Å². The number of hydrogen-bond donors (Lipinski definition) is 2. The molecule has 3 unspecified atom stereocenters. The van der Waals surface area contributed by atoms with Crippen LogP contribution in [0, 0.1) is 16.0 Å². The first-order valence-electron chi connectivity index (χ1n) is 7.76. The molecule has 9 nitrogen and oxygen atoms in total. The number of ether oxygens (including phenoxy) is 2. The maximum atomic E-state index is 11.8. The molecular formula is C16H20N2O7. The zero-order valence-corrected chi connectivity index (χ0v) is 13.9. The molecule has 0 aliphatic carbocycles. The van der Waals surface area contributed by atoms with Crippen LogP contribution in [0.25, 0.3) is 0 Å². The van der Waals surface area contributed by atoms with E-state index in [1.165, 1.54) is 24.3 Å². The monoisotopic (exact) mass is 352 g/mol. The van der Waals surface area contributed by atoms with Crippen LogP contribution in [0.15, 0.2) is 24.3 Å². The van der Waals surface area contributed by atoms with Crippen LogP contribution in [0.5, 0.6) is 0 Å². The van der Waals surface area contributed by atoms with Crippen molar-refractivity contribution in [3.63, 3.8) is 0 Å². The highest BCUT2D eigenvalue weighted by Crippen LogP contribution is 2.34. The molecule has 1 heterocycles. The first kappa shape index (κ1) is 18.7. The van der Waals surface area contributed by atoms with Crippen LogP contribution in [-0.2, 0) is 20.9 Å². The van der Waals surface area contributed by atoms with Crippen LogP contribution in [0.4, 0.5) is 10.5 Å². The molecule has 25 heavy (non-hydrogen) atoms. The standard InChI is InChI=1S/C16H20N2O7/c1-10(13-14(20)17-16(13,2)7-8-19)25-15(21)24-9-11-3-5-12(6-4-11)18(22)23/h3-6,10,13,19H,7-9H2,1-2H3,(H,17,20). The minimum Gasteiger partial charge on any atom is -0.430 e. The van der Waals surface area contributed by atoms with Crippen molar-refractivity contribution in [1.29, 1.82) is 0 Å². The van der Waals surface area contributed by atoms with Gasteiger partial charge in [-0.2, -0.15) is 0 Å². The van der Waals surface area contributed by atoms with Crippen LogP contribution < -0.4 is 5.32 Å². The Kier molecular flexibility index (Phi) is 5.58. The van der Waals surface area contributed by atoms with Gasteiger partial charge in [-0.3, -0.25) is 14.9 Å². The summed E-state index contributed by atoms with van der Waals surface area (Å²) in [6.45, 7) is 3.17. The molecule has 1 amide bonds. The third kappa shape index (κ3) is 4.24. The molecule has 0 radical (unpaired) electrons. The lowest BCUT2D eigenvalue weighted by atomic mass is 9.72. The number of carbonyl (C=O) groups excluding carboxylic acids is 2. The van der Waals surface area contributed by atoms with E-state index in [4.69, 9.17) is 14.6 Å². The Labute approximate surface area is 144 Å². The minimum atomic E-state index is -0.933. The fraction of sp³-hybridized carbons (Fsp3) is 0.500. The number of aliphatic hydroxyl groups is 1. The first-order valence-corrected chi connectivity index (χ1v) is 7.76. The molecule has 0 bridgehead atoms. The Hall–Kier alpha value is -2.68. The number of benzene rings is 1. The molecule has 3 atom stereocenters. The van der Waals surface area contributed by atoms with Gasteiger partial charge in [0.25, 0.3) is 5.69 Å². The molecule has 2 rings (SSSR count). The number of hydrogen-bond acceptors (Lipinski definition) is 7. The number of amides is 1. The summed E-state index contributed by atoms with van der Waals surface area (Å²) in [6.07, 6.45) is -1.29. The van der Waals surface area contributed by atoms with Crippen molar-refractivity contribution in [2.24, 2.45) is 5.92 Å². The highest BCUT2D eigenvalue weighted by Gasteiger charge is 2.53. The number of aliphatic hydroxyl groups excluding tert-OH is 1. The van der Waals surface area contributed by atoms with Crippen LogP contribution >= 0.6 is 0 Å². The second kappa shape index (κ2) is 7.47. The first-order chi connectivity index (χ1) is 11.8. The highest BCUT2D eigenvalue weighted by atomic mass is 16.7. The van der Waals surface area contributed by atoms with Crippen molar-refractivity contribution in [3.8, 4) is 0 Å². The van der Waals surface area contributed by atoms with Crippen LogP contribution in [0.3, 0.4) is 0 Å². The Balaban J connectivity index is 1.85. The average molecular weight is 352 g/mol. The Morgan fingerprint density at radius 3 is 2.60 bits per heavy atom. The summed E-state index contributed by atoms with van der Waals surface area (Å²) in [5.41, 5.74) is -0.106. The molecule has 1 saturated heterocycles. The molecule has 136 valence electrons. The summed E-state index contributed by atoms with van der Waals surface area (Å²) < 4.78 is 10.1. The SMILES string of the molecule is CC(OC(=O)OCc1ccc([N+](=O)[O-])cc1)C1C(=O)NC1(C)CCO. The van der Waals surface area contributed by atoms with Crippen molar-refractivity contribution < 1.29 is 29.1 Å². The van der Waals surface area contributed by atoms with Crippen molar-refractivity contribution in [2.45, 2.75) is 38.5 Å². The Morgan fingerprint density at radius 2 is 2.08 bits per heavy atom. The van der Waals surface area contributed by atoms with Gasteiger partial charge in [0.15, 0.2) is 0 Å². The van der Waals surface area contributed by atoms with E-state index < -0.39 is 28.6 Å². The quantitative estimate of drug-likeness (QED) is 0.329. The lowest BCUT2D eigenvalue weighted by molar-refractivity contribution is -0.384. The summed E-state index contributed by atoms with van der Waals surface area (Å²) in [5, 5.41) is 22.4. The van der Waals surface area contributed by atoms with Gasteiger partial charge in [0.05, 0.1) is 16.4 Å². The molecule has 1 aliphatic heterocycles. The van der Waals surface area contributed by atoms with E-state index in [1.54, 1.807) is 13.8 Å². The number of nitrogens with zero attached hydrogens (tertiary/aromatic N) is 1. The van der Waals surface area contributed by atoms with Crippen molar-refractivity contribution in [2.75, 3.05) is 6.61 Å². The number of nitro groups is 1. The van der Waals surface area contributed by atoms with E-state index in [0.717, 1.165) is 0 Å². The van der Waals surface area contributed by atoms with E-state index in [9.17, 15) is 19.7 Å². The number of carbonyl (C=O) groups is 2. The second-order valence-electron chi connectivity index (χ2n) is 6.14. The molecule has 1 aliphatic rings. The smallest absolute Gasteiger partial charge is 0.430 e. The Bertz CT molecular complexity index is 661. The number of nitrogens with one attached hydrogen (secondary N) is 1. The van der Waals surface area contributed by atoms with Gasteiger partial charge in [0.1, 0.15) is 12.7 Å². The third-order valence-electron chi connectivity index (χ3n) is 4.26. The number of β-lactam (4-membered cyclic amide) rings is 1. The topological polar surface area (TPSA) is 128 Å². The summed E-state index contributed by atoms with van der Waals surface area (Å²) in [4.78, 5) is 33.6. The lowest BCUT2D eigenvalue weighted by Gasteiger charge is -2.48. The molecule has 1 fully saturated rings. The predicted octanol–water partition coefficient (Wildman–Crippen LogP) is 1.52. The van der Waals surface area contributed by atoms with E-state index in [0.29, 0.717) is 12.0 Å². The summed E-state index contributed by atoms with van der Waals surface area (Å²) in [7, 11) is 0. The Morgan fingerprint density at radius 1 is 1.44 bits per heavy atom. The van der Waals surface area contributed by atoms with Crippen molar-refractivity contribution in [1.82, 2.24) is 5.32 Å². The van der Waals surface area contributed by atoms with E-state index in [2.05, 4.69) is 5.32 Å². The molecule has 0 spiro atoms. The molecule has 2 N–H and O–H groups in total. The molecule has 1 aromatic rings. The molecule has 9 heteroatoms. The largest absolute Gasteiger partial charge is 0.508 e. The van der Waals surface area contributed by atoms with Gasteiger partial charge in [-0.1, -0.05) is 0 Å². The minimum absolute atomic E-state index is 0.0564. The van der Waals surface area contributed by atoms with E-state index in [1.807, 2.05) is 0 Å². The summed E-state index contributed by atoms with van der Waals surface area (Å²) in [5.74, 6) is -0.807.